The number of fused-ring (bicyclic) bond motifs is 1. The largest absolute Gasteiger partial charge is 0.388 e. The Labute approximate surface area is 209 Å². The number of hydrogen-bond donors (Lipinski definition) is 2. The monoisotopic (exact) mass is 502 g/mol. The summed E-state index contributed by atoms with van der Waals surface area (Å²) in [4.78, 5) is 0. The molecule has 4 fully saturated rings. The molecule has 0 radical (unpaired) electrons. The molecule has 2 N–H and O–H groups in total. The van der Waals surface area contributed by atoms with Crippen LogP contribution >= 0.6 is 0 Å². The molecule has 9 nitrogen and oxygen atoms in total. The van der Waals surface area contributed by atoms with E-state index < -0.39 is 36.8 Å². The first kappa shape index (κ1) is 27.7. The average molecular weight is 503 g/mol. The molecular weight excluding hydrogens is 456 g/mol. The molecular formula is C26H46O9. The van der Waals surface area contributed by atoms with Gasteiger partial charge in [-0.15, -0.1) is 0 Å². The van der Waals surface area contributed by atoms with Crippen LogP contribution in [0.1, 0.15) is 61.8 Å². The maximum atomic E-state index is 10.8. The van der Waals surface area contributed by atoms with Crippen molar-refractivity contribution >= 4 is 0 Å². The molecule has 0 aliphatic carbocycles. The van der Waals surface area contributed by atoms with Crippen LogP contribution < -0.4 is 0 Å². The lowest BCUT2D eigenvalue weighted by Gasteiger charge is -2.52. The molecule has 0 aromatic heterocycles. The van der Waals surface area contributed by atoms with Crippen LogP contribution in [0.2, 0.25) is 0 Å². The first-order chi connectivity index (χ1) is 16.5. The number of aliphatic hydroxyl groups excluding tert-OH is 2. The average Bonchev–Trinajstić information content (AvgIpc) is 2.83. The SMILES string of the molecule is CCC1OC(C)C(O)C(O)C1OC1OC2COC(C)OC2C(OC2OC(C)C(C)C(C)C2C)C1C. The zero-order valence-corrected chi connectivity index (χ0v) is 22.4. The van der Waals surface area contributed by atoms with Gasteiger partial charge in [0, 0.05) is 11.8 Å². The van der Waals surface area contributed by atoms with Gasteiger partial charge >= 0.3 is 0 Å². The summed E-state index contributed by atoms with van der Waals surface area (Å²) in [5.74, 6) is 0.858. The van der Waals surface area contributed by atoms with Crippen LogP contribution in [0.4, 0.5) is 0 Å². The van der Waals surface area contributed by atoms with Crippen molar-refractivity contribution < 1.29 is 43.4 Å². The smallest absolute Gasteiger partial charge is 0.163 e. The molecule has 35 heavy (non-hydrogen) atoms. The van der Waals surface area contributed by atoms with Crippen molar-refractivity contribution in [1.29, 1.82) is 0 Å². The Balaban J connectivity index is 1.54. The van der Waals surface area contributed by atoms with E-state index in [-0.39, 0.29) is 48.8 Å². The van der Waals surface area contributed by atoms with E-state index >= 15 is 0 Å². The Kier molecular flexibility index (Phi) is 8.83. The van der Waals surface area contributed by atoms with E-state index in [1.54, 1.807) is 6.92 Å². The highest BCUT2D eigenvalue weighted by Crippen LogP contribution is 2.41. The lowest BCUT2D eigenvalue weighted by Crippen LogP contribution is -2.64. The molecule has 4 heterocycles. The molecule has 4 saturated heterocycles. The second-order valence-corrected chi connectivity index (χ2v) is 11.2. The van der Waals surface area contributed by atoms with Crippen molar-refractivity contribution in [3.05, 3.63) is 0 Å². The Bertz CT molecular complexity index is 692. The van der Waals surface area contributed by atoms with Crippen molar-refractivity contribution in [3.63, 3.8) is 0 Å². The third kappa shape index (κ3) is 5.45. The zero-order chi connectivity index (χ0) is 25.6. The minimum Gasteiger partial charge on any atom is -0.388 e. The fraction of sp³-hybridized carbons (Fsp3) is 1.00. The van der Waals surface area contributed by atoms with Gasteiger partial charge in [-0.2, -0.15) is 0 Å². The summed E-state index contributed by atoms with van der Waals surface area (Å²) >= 11 is 0. The Morgan fingerprint density at radius 3 is 2.03 bits per heavy atom. The van der Waals surface area contributed by atoms with Gasteiger partial charge in [-0.1, -0.05) is 34.6 Å². The van der Waals surface area contributed by atoms with Crippen LogP contribution in [0.25, 0.3) is 0 Å². The fourth-order valence-electron chi connectivity index (χ4n) is 5.89. The van der Waals surface area contributed by atoms with Crippen LogP contribution in [0.5, 0.6) is 0 Å². The van der Waals surface area contributed by atoms with E-state index in [9.17, 15) is 10.2 Å². The van der Waals surface area contributed by atoms with E-state index in [2.05, 4.69) is 27.7 Å². The molecule has 4 aliphatic heterocycles. The van der Waals surface area contributed by atoms with E-state index in [4.69, 9.17) is 33.2 Å². The summed E-state index contributed by atoms with van der Waals surface area (Å²) in [6.07, 6.45) is -5.51. The van der Waals surface area contributed by atoms with Gasteiger partial charge in [0.05, 0.1) is 31.0 Å². The first-order valence-electron chi connectivity index (χ1n) is 13.4. The van der Waals surface area contributed by atoms with Crippen LogP contribution in [-0.2, 0) is 33.2 Å². The van der Waals surface area contributed by atoms with Crippen LogP contribution in [0.15, 0.2) is 0 Å². The highest BCUT2D eigenvalue weighted by Gasteiger charge is 2.53. The van der Waals surface area contributed by atoms with Gasteiger partial charge in [-0.25, -0.2) is 0 Å². The number of hydrogen-bond acceptors (Lipinski definition) is 9. The Morgan fingerprint density at radius 1 is 0.686 bits per heavy atom. The Hall–Kier alpha value is -0.360. The molecule has 4 rings (SSSR count). The summed E-state index contributed by atoms with van der Waals surface area (Å²) < 4.78 is 43.5. The van der Waals surface area contributed by atoms with Gasteiger partial charge in [-0.3, -0.25) is 0 Å². The van der Waals surface area contributed by atoms with E-state index in [0.717, 1.165) is 0 Å². The number of aliphatic hydroxyl groups is 2. The van der Waals surface area contributed by atoms with Crippen molar-refractivity contribution in [2.24, 2.45) is 23.7 Å². The summed E-state index contributed by atoms with van der Waals surface area (Å²) in [6.45, 7) is 16.7. The number of ether oxygens (including phenoxy) is 7. The quantitative estimate of drug-likeness (QED) is 0.586. The molecule has 4 aliphatic rings. The molecule has 16 unspecified atom stereocenters. The number of rotatable bonds is 5. The predicted octanol–water partition coefficient (Wildman–Crippen LogP) is 2.45. The molecule has 0 saturated carbocycles. The minimum absolute atomic E-state index is 0.0852. The summed E-state index contributed by atoms with van der Waals surface area (Å²) in [7, 11) is 0. The van der Waals surface area contributed by atoms with E-state index in [0.29, 0.717) is 24.9 Å². The third-order valence-electron chi connectivity index (χ3n) is 8.88. The molecule has 0 spiro atoms. The van der Waals surface area contributed by atoms with E-state index in [1.807, 2.05) is 20.8 Å². The van der Waals surface area contributed by atoms with Gasteiger partial charge in [-0.05, 0) is 39.0 Å². The molecule has 0 bridgehead atoms. The maximum absolute atomic E-state index is 10.8. The van der Waals surface area contributed by atoms with Crippen molar-refractivity contribution in [1.82, 2.24) is 0 Å². The molecule has 204 valence electrons. The van der Waals surface area contributed by atoms with Crippen molar-refractivity contribution in [2.75, 3.05) is 6.61 Å². The van der Waals surface area contributed by atoms with Crippen LogP contribution in [0.3, 0.4) is 0 Å². The van der Waals surface area contributed by atoms with Gasteiger partial charge in [0.2, 0.25) is 0 Å². The third-order valence-corrected chi connectivity index (χ3v) is 8.88. The lowest BCUT2D eigenvalue weighted by molar-refractivity contribution is -0.385. The van der Waals surface area contributed by atoms with Crippen molar-refractivity contribution in [3.8, 4) is 0 Å². The van der Waals surface area contributed by atoms with Crippen LogP contribution in [0, 0.1) is 23.7 Å². The summed E-state index contributed by atoms with van der Waals surface area (Å²) in [5, 5.41) is 21.3. The van der Waals surface area contributed by atoms with Gasteiger partial charge in [0.1, 0.15) is 30.5 Å². The fourth-order valence-corrected chi connectivity index (χ4v) is 5.89. The maximum Gasteiger partial charge on any atom is 0.163 e. The first-order valence-corrected chi connectivity index (χ1v) is 13.4. The van der Waals surface area contributed by atoms with Gasteiger partial charge < -0.3 is 43.4 Å². The second kappa shape index (κ2) is 11.2. The highest BCUT2D eigenvalue weighted by atomic mass is 16.8. The Morgan fingerprint density at radius 2 is 1.34 bits per heavy atom. The zero-order valence-electron chi connectivity index (χ0n) is 22.4. The molecule has 0 aromatic carbocycles. The van der Waals surface area contributed by atoms with Crippen LogP contribution in [-0.4, -0.2) is 90.6 Å². The standard InChI is InChI=1S/C26H46O9/c1-9-18-23(21(28)20(27)16(7)30-18)35-26-14(5)22(24-19(33-26)10-29-17(8)32-24)34-25-13(4)11(2)12(3)15(6)31-25/h11-28H,9-10H2,1-8H3. The molecule has 0 aromatic rings. The topological polar surface area (TPSA) is 105 Å². The molecule has 16 atom stereocenters. The second-order valence-electron chi connectivity index (χ2n) is 11.2. The van der Waals surface area contributed by atoms with E-state index in [1.165, 1.54) is 0 Å². The minimum atomic E-state index is -1.08. The highest BCUT2D eigenvalue weighted by molar-refractivity contribution is 4.96. The summed E-state index contributed by atoms with van der Waals surface area (Å²) in [5.41, 5.74) is 0. The predicted molar refractivity (Wildman–Crippen MR) is 126 cm³/mol. The normalized spacial score (nSPS) is 55.4. The van der Waals surface area contributed by atoms with Gasteiger partial charge in [0.15, 0.2) is 18.9 Å². The summed E-state index contributed by atoms with van der Waals surface area (Å²) in [6, 6.07) is 0. The molecule has 0 amide bonds. The van der Waals surface area contributed by atoms with Gasteiger partial charge in [0.25, 0.3) is 0 Å². The van der Waals surface area contributed by atoms with Crippen molar-refractivity contribution in [2.45, 2.75) is 136 Å². The molecule has 9 heteroatoms. The lowest BCUT2D eigenvalue weighted by atomic mass is 9.79.